The summed E-state index contributed by atoms with van der Waals surface area (Å²) in [5, 5.41) is 0. The molecule has 1 atom stereocenters. The average Bonchev–Trinajstić information content (AvgIpc) is 2.75. The van der Waals surface area contributed by atoms with Gasteiger partial charge in [0.25, 0.3) is 0 Å². The van der Waals surface area contributed by atoms with Gasteiger partial charge in [0.15, 0.2) is 0 Å². The van der Waals surface area contributed by atoms with Crippen LogP contribution in [-0.4, -0.2) is 35.6 Å². The zero-order chi connectivity index (χ0) is 11.5. The fraction of sp³-hybridized carbons (Fsp3) is 0.455. The topological polar surface area (TPSA) is 42.4 Å². The Morgan fingerprint density at radius 2 is 2.44 bits per heavy atom. The summed E-state index contributed by atoms with van der Waals surface area (Å²) in [6.07, 6.45) is 0.973. The van der Waals surface area contributed by atoms with Crippen molar-refractivity contribution in [3.05, 3.63) is 29.6 Å². The molecule has 0 radical (unpaired) electrons. The minimum atomic E-state index is -0.400. The maximum absolute atomic E-state index is 11.3. The van der Waals surface area contributed by atoms with Gasteiger partial charge >= 0.3 is 5.97 Å². The number of hydrogen-bond donors (Lipinski definition) is 0. The molecule has 0 N–H and O–H groups in total. The Bertz CT molecular complexity index is 397. The van der Waals surface area contributed by atoms with Crippen molar-refractivity contribution in [1.82, 2.24) is 9.40 Å². The number of carbonyl (C=O) groups excluding carboxylic acids is 1. The molecule has 2 heterocycles. The van der Waals surface area contributed by atoms with Gasteiger partial charge in [-0.05, 0) is 30.3 Å². The van der Waals surface area contributed by atoms with Crippen LogP contribution in [0.1, 0.15) is 28.5 Å². The first kappa shape index (κ1) is 11.4. The Kier molecular flexibility index (Phi) is 3.41. The fourth-order valence-corrected chi connectivity index (χ4v) is 2.12. The van der Waals surface area contributed by atoms with Crippen molar-refractivity contribution in [2.45, 2.75) is 12.3 Å². The van der Waals surface area contributed by atoms with Crippen LogP contribution in [0.4, 0.5) is 0 Å². The van der Waals surface area contributed by atoms with Crippen LogP contribution in [-0.2, 0) is 4.74 Å². The van der Waals surface area contributed by atoms with Crippen LogP contribution in [0.3, 0.4) is 0 Å². The third-order valence-electron chi connectivity index (χ3n) is 2.72. The minimum Gasteiger partial charge on any atom is -0.464 e. The molecule has 0 aliphatic carbocycles. The molecule has 86 valence electrons. The molecule has 1 aliphatic heterocycles. The Labute approximate surface area is 99.3 Å². The number of pyridine rings is 1. The van der Waals surface area contributed by atoms with Gasteiger partial charge in [0.1, 0.15) is 5.69 Å². The molecule has 0 bridgehead atoms. The lowest BCUT2D eigenvalue weighted by Gasteiger charge is -2.09. The quantitative estimate of drug-likeness (QED) is 0.584. The van der Waals surface area contributed by atoms with Crippen LogP contribution >= 0.6 is 11.8 Å². The van der Waals surface area contributed by atoms with Crippen molar-refractivity contribution in [2.24, 2.45) is 0 Å². The first-order valence-electron chi connectivity index (χ1n) is 5.16. The van der Waals surface area contributed by atoms with Crippen LogP contribution in [0.25, 0.3) is 0 Å². The first-order valence-corrected chi connectivity index (χ1v) is 5.50. The minimum absolute atomic E-state index is 0.308. The van der Waals surface area contributed by atoms with Crippen LogP contribution in [0.2, 0.25) is 0 Å². The van der Waals surface area contributed by atoms with E-state index in [1.54, 1.807) is 10.5 Å². The molecule has 5 heteroatoms. The lowest BCUT2D eigenvalue weighted by Crippen LogP contribution is -2.10. The average molecular weight is 241 g/mol. The van der Waals surface area contributed by atoms with Crippen LogP contribution < -0.4 is 0 Å². The van der Waals surface area contributed by atoms with E-state index in [2.05, 4.69) is 9.72 Å². The lowest BCUT2D eigenvalue weighted by atomic mass is 10.0. The van der Waals surface area contributed by atoms with Gasteiger partial charge in [-0.1, -0.05) is 6.07 Å². The van der Waals surface area contributed by atoms with Crippen molar-refractivity contribution >= 4 is 17.7 Å². The molecule has 0 saturated carbocycles. The summed E-state index contributed by atoms with van der Waals surface area (Å²) >= 11 is 5.90. The normalized spacial score (nSPS) is 21.0. The summed E-state index contributed by atoms with van der Waals surface area (Å²) in [5.74, 6) is -0.0929. The predicted octanol–water partition coefficient (Wildman–Crippen LogP) is 1.81. The van der Waals surface area contributed by atoms with Crippen molar-refractivity contribution in [3.63, 3.8) is 0 Å². The largest absolute Gasteiger partial charge is 0.464 e. The lowest BCUT2D eigenvalue weighted by molar-refractivity contribution is 0.0593. The second-order valence-electron chi connectivity index (χ2n) is 3.79. The van der Waals surface area contributed by atoms with E-state index in [0.29, 0.717) is 11.6 Å². The summed E-state index contributed by atoms with van der Waals surface area (Å²) in [5.41, 5.74) is 1.26. The van der Waals surface area contributed by atoms with Gasteiger partial charge < -0.3 is 4.74 Å². The Morgan fingerprint density at radius 1 is 1.62 bits per heavy atom. The van der Waals surface area contributed by atoms with E-state index in [9.17, 15) is 4.79 Å². The zero-order valence-electron chi connectivity index (χ0n) is 9.02. The molecule has 4 nitrogen and oxygen atoms in total. The number of nitrogens with zero attached hydrogens (tertiary/aromatic N) is 2. The molecule has 2 rings (SSSR count). The molecule has 0 spiro atoms. The SMILES string of the molecule is COC(=O)c1cccc(C2CCN(Cl)C2)n1. The highest BCUT2D eigenvalue weighted by Crippen LogP contribution is 2.26. The van der Waals surface area contributed by atoms with E-state index < -0.39 is 5.97 Å². The number of hydrogen-bond acceptors (Lipinski definition) is 4. The standard InChI is InChI=1S/C11H13ClN2O2/c1-16-11(15)10-4-2-3-9(13-10)8-5-6-14(12)7-8/h2-4,8H,5-7H2,1H3. The molecule has 1 aliphatic rings. The van der Waals surface area contributed by atoms with Crippen molar-refractivity contribution in [2.75, 3.05) is 20.2 Å². The van der Waals surface area contributed by atoms with Gasteiger partial charge in [-0.25, -0.2) is 14.2 Å². The Hall–Kier alpha value is -1.13. The van der Waals surface area contributed by atoms with Gasteiger partial charge in [-0.3, -0.25) is 0 Å². The highest BCUT2D eigenvalue weighted by molar-refractivity contribution is 6.13. The second kappa shape index (κ2) is 4.80. The van der Waals surface area contributed by atoms with E-state index in [4.69, 9.17) is 11.8 Å². The zero-order valence-corrected chi connectivity index (χ0v) is 9.78. The van der Waals surface area contributed by atoms with E-state index in [1.807, 2.05) is 12.1 Å². The van der Waals surface area contributed by atoms with Crippen molar-refractivity contribution < 1.29 is 9.53 Å². The monoisotopic (exact) mass is 240 g/mol. The number of esters is 1. The Morgan fingerprint density at radius 3 is 3.06 bits per heavy atom. The highest BCUT2D eigenvalue weighted by Gasteiger charge is 2.24. The number of rotatable bonds is 2. The predicted molar refractivity (Wildman–Crippen MR) is 60.4 cm³/mol. The molecule has 0 aromatic carbocycles. The van der Waals surface area contributed by atoms with Crippen LogP contribution in [0.15, 0.2) is 18.2 Å². The van der Waals surface area contributed by atoms with Crippen molar-refractivity contribution in [3.8, 4) is 0 Å². The van der Waals surface area contributed by atoms with Gasteiger partial charge in [-0.2, -0.15) is 0 Å². The van der Waals surface area contributed by atoms with E-state index in [1.165, 1.54) is 7.11 Å². The number of methoxy groups -OCH3 is 1. The summed E-state index contributed by atoms with van der Waals surface area (Å²) < 4.78 is 6.38. The van der Waals surface area contributed by atoms with E-state index >= 15 is 0 Å². The summed E-state index contributed by atoms with van der Waals surface area (Å²) in [6, 6.07) is 5.40. The summed E-state index contributed by atoms with van der Waals surface area (Å²) in [7, 11) is 1.35. The number of carbonyl (C=O) groups is 1. The van der Waals surface area contributed by atoms with Gasteiger partial charge in [0, 0.05) is 24.7 Å². The van der Waals surface area contributed by atoms with Crippen LogP contribution in [0, 0.1) is 0 Å². The molecular formula is C11H13ClN2O2. The fourth-order valence-electron chi connectivity index (χ4n) is 1.86. The van der Waals surface area contributed by atoms with Gasteiger partial charge in [-0.15, -0.1) is 0 Å². The smallest absolute Gasteiger partial charge is 0.356 e. The number of ether oxygens (including phenoxy) is 1. The maximum atomic E-state index is 11.3. The van der Waals surface area contributed by atoms with Gasteiger partial charge in [0.2, 0.25) is 0 Å². The number of aromatic nitrogens is 1. The van der Waals surface area contributed by atoms with E-state index in [-0.39, 0.29) is 0 Å². The first-order chi connectivity index (χ1) is 7.70. The molecule has 0 amide bonds. The molecule has 1 unspecified atom stereocenters. The Balaban J connectivity index is 2.19. The third kappa shape index (κ3) is 2.33. The molecule has 1 aromatic heterocycles. The summed E-state index contributed by atoms with van der Waals surface area (Å²) in [6.45, 7) is 1.63. The molecule has 1 aromatic rings. The number of halogens is 1. The molecule has 1 saturated heterocycles. The molecular weight excluding hydrogens is 228 g/mol. The van der Waals surface area contributed by atoms with Crippen LogP contribution in [0.5, 0.6) is 0 Å². The molecule has 1 fully saturated rings. The maximum Gasteiger partial charge on any atom is 0.356 e. The van der Waals surface area contributed by atoms with Gasteiger partial charge in [0.05, 0.1) is 7.11 Å². The summed E-state index contributed by atoms with van der Waals surface area (Å²) in [4.78, 5) is 15.6. The highest BCUT2D eigenvalue weighted by atomic mass is 35.5. The second-order valence-corrected chi connectivity index (χ2v) is 4.27. The third-order valence-corrected chi connectivity index (χ3v) is 3.03. The van der Waals surface area contributed by atoms with E-state index in [0.717, 1.165) is 25.2 Å². The molecule has 16 heavy (non-hydrogen) atoms. The van der Waals surface area contributed by atoms with Crippen molar-refractivity contribution in [1.29, 1.82) is 0 Å².